The second-order valence-corrected chi connectivity index (χ2v) is 7.07. The fraction of sp³-hybridized carbons (Fsp3) is 0.571. The number of benzene rings is 1. The molecule has 0 atom stereocenters. The van der Waals surface area contributed by atoms with E-state index in [1.807, 2.05) is 0 Å². The molecule has 0 aromatic heterocycles. The van der Waals surface area contributed by atoms with Gasteiger partial charge >= 0.3 is 7.60 Å². The second kappa shape index (κ2) is 8.17. The minimum absolute atomic E-state index is 0.136. The predicted octanol–water partition coefficient (Wildman–Crippen LogP) is 0.166. The Labute approximate surface area is 130 Å². The van der Waals surface area contributed by atoms with Gasteiger partial charge in [-0.05, 0) is 18.2 Å². The Kier molecular flexibility index (Phi) is 7.15. The molecule has 0 unspecified atom stereocenters. The first-order valence-electron chi connectivity index (χ1n) is 6.81. The molecule has 0 saturated carbocycles. The quantitative estimate of drug-likeness (QED) is 0.477. The maximum atomic E-state index is 11.2. The van der Waals surface area contributed by atoms with E-state index < -0.39 is 13.1 Å². The number of ether oxygens (including phenoxy) is 1. The third-order valence-electron chi connectivity index (χ3n) is 3.71. The van der Waals surface area contributed by atoms with Gasteiger partial charge in [0.05, 0.1) is 31.5 Å². The monoisotopic (exact) mass is 333 g/mol. The fourth-order valence-corrected chi connectivity index (χ4v) is 3.03. The number of nitrogens with zero attached hydrogens (tertiary/aromatic N) is 1. The summed E-state index contributed by atoms with van der Waals surface area (Å²) in [4.78, 5) is 20.1. The highest BCUT2D eigenvalue weighted by atomic mass is 31.2. The standard InChI is InChI=1S/C14H24NO6P/c1-15(14(9-16,10-17)11-21-2)7-12-5-3-4-6-13(12)8-22(18,19)20/h3-6,16-17H,7-11H2,1-2H3,(H2,18,19,20). The van der Waals surface area contributed by atoms with E-state index in [1.54, 1.807) is 36.2 Å². The maximum Gasteiger partial charge on any atom is 0.329 e. The molecule has 8 heteroatoms. The van der Waals surface area contributed by atoms with Gasteiger partial charge in [-0.3, -0.25) is 9.46 Å². The summed E-state index contributed by atoms with van der Waals surface area (Å²) in [6, 6.07) is 6.93. The molecule has 126 valence electrons. The van der Waals surface area contributed by atoms with Crippen LogP contribution in [0.3, 0.4) is 0 Å². The van der Waals surface area contributed by atoms with Gasteiger partial charge in [0.15, 0.2) is 0 Å². The highest BCUT2D eigenvalue weighted by Gasteiger charge is 2.34. The highest BCUT2D eigenvalue weighted by Crippen LogP contribution is 2.40. The van der Waals surface area contributed by atoms with Crippen molar-refractivity contribution in [3.8, 4) is 0 Å². The van der Waals surface area contributed by atoms with Crippen molar-refractivity contribution in [3.05, 3.63) is 35.4 Å². The largest absolute Gasteiger partial charge is 0.394 e. The number of aliphatic hydroxyl groups is 2. The number of likely N-dealkylation sites (N-methyl/N-ethyl adjacent to an activating group) is 1. The summed E-state index contributed by atoms with van der Waals surface area (Å²) in [6.45, 7) is -0.138. The van der Waals surface area contributed by atoms with Crippen LogP contribution in [0.5, 0.6) is 0 Å². The number of aliphatic hydroxyl groups excluding tert-OH is 2. The summed E-state index contributed by atoms with van der Waals surface area (Å²) in [5.41, 5.74) is 0.324. The van der Waals surface area contributed by atoms with Crippen molar-refractivity contribution in [1.29, 1.82) is 0 Å². The average molecular weight is 333 g/mol. The lowest BCUT2D eigenvalue weighted by Crippen LogP contribution is -2.55. The number of rotatable bonds is 9. The molecule has 1 rings (SSSR count). The molecule has 4 N–H and O–H groups in total. The summed E-state index contributed by atoms with van der Waals surface area (Å²) >= 11 is 0. The summed E-state index contributed by atoms with van der Waals surface area (Å²) in [7, 11) is -0.963. The van der Waals surface area contributed by atoms with Crippen molar-refractivity contribution in [1.82, 2.24) is 4.90 Å². The molecule has 22 heavy (non-hydrogen) atoms. The Morgan fingerprint density at radius 1 is 1.18 bits per heavy atom. The van der Waals surface area contributed by atoms with Crippen LogP contribution < -0.4 is 0 Å². The Hall–Kier alpha value is -0.790. The van der Waals surface area contributed by atoms with Gasteiger partial charge in [0, 0.05) is 13.7 Å². The van der Waals surface area contributed by atoms with Crippen molar-refractivity contribution in [2.24, 2.45) is 0 Å². The van der Waals surface area contributed by atoms with Crippen molar-refractivity contribution in [2.45, 2.75) is 18.2 Å². The van der Waals surface area contributed by atoms with Crippen molar-refractivity contribution in [2.75, 3.05) is 34.0 Å². The molecule has 0 aliphatic rings. The van der Waals surface area contributed by atoms with Gasteiger partial charge < -0.3 is 24.7 Å². The Balaban J connectivity index is 3.00. The van der Waals surface area contributed by atoms with Crippen LogP contribution >= 0.6 is 7.60 Å². The fourth-order valence-electron chi connectivity index (χ4n) is 2.27. The predicted molar refractivity (Wildman–Crippen MR) is 82.4 cm³/mol. The minimum Gasteiger partial charge on any atom is -0.394 e. The molecule has 0 aliphatic heterocycles. The zero-order valence-corrected chi connectivity index (χ0v) is 13.7. The van der Waals surface area contributed by atoms with Gasteiger partial charge in [0.1, 0.15) is 0 Å². The van der Waals surface area contributed by atoms with Crippen LogP contribution in [0.2, 0.25) is 0 Å². The normalized spacial score (nSPS) is 12.9. The van der Waals surface area contributed by atoms with Crippen LogP contribution in [0.15, 0.2) is 24.3 Å². The lowest BCUT2D eigenvalue weighted by atomic mass is 9.99. The van der Waals surface area contributed by atoms with E-state index in [-0.39, 0.29) is 26.0 Å². The topological polar surface area (TPSA) is 110 Å². The summed E-state index contributed by atoms with van der Waals surface area (Å²) in [5.74, 6) is 0. The van der Waals surface area contributed by atoms with Gasteiger partial charge in [-0.25, -0.2) is 0 Å². The summed E-state index contributed by atoms with van der Waals surface area (Å²) < 4.78 is 16.3. The Morgan fingerprint density at radius 2 is 1.73 bits per heavy atom. The summed E-state index contributed by atoms with van der Waals surface area (Å²) in [6.07, 6.45) is -0.341. The maximum absolute atomic E-state index is 11.2. The van der Waals surface area contributed by atoms with Crippen LogP contribution in [0.1, 0.15) is 11.1 Å². The molecule has 1 aromatic carbocycles. The SMILES string of the molecule is COCC(CO)(CO)N(C)Cc1ccccc1CP(=O)(O)O. The second-order valence-electron chi connectivity index (χ2n) is 5.42. The molecular weight excluding hydrogens is 309 g/mol. The molecule has 0 fully saturated rings. The zero-order chi connectivity index (χ0) is 16.8. The molecule has 0 bridgehead atoms. The smallest absolute Gasteiger partial charge is 0.329 e. The van der Waals surface area contributed by atoms with Crippen molar-refractivity contribution in [3.63, 3.8) is 0 Å². The van der Waals surface area contributed by atoms with Crippen LogP contribution in [-0.4, -0.2) is 64.4 Å². The lowest BCUT2D eigenvalue weighted by molar-refractivity contribution is -0.0505. The Morgan fingerprint density at radius 3 is 2.18 bits per heavy atom. The molecule has 0 aliphatic carbocycles. The highest BCUT2D eigenvalue weighted by molar-refractivity contribution is 7.50. The van der Waals surface area contributed by atoms with E-state index in [9.17, 15) is 14.8 Å². The van der Waals surface area contributed by atoms with Gasteiger partial charge in [-0.1, -0.05) is 24.3 Å². The molecule has 1 aromatic rings. The molecule has 7 nitrogen and oxygen atoms in total. The first-order chi connectivity index (χ1) is 10.3. The average Bonchev–Trinajstić information content (AvgIpc) is 2.45. The van der Waals surface area contributed by atoms with Crippen molar-refractivity contribution < 1.29 is 29.3 Å². The molecule has 0 amide bonds. The van der Waals surface area contributed by atoms with Crippen LogP contribution in [0, 0.1) is 0 Å². The lowest BCUT2D eigenvalue weighted by Gasteiger charge is -2.38. The third-order valence-corrected chi connectivity index (χ3v) is 4.47. The van der Waals surface area contributed by atoms with Gasteiger partial charge in [0.25, 0.3) is 0 Å². The first-order valence-corrected chi connectivity index (χ1v) is 8.61. The number of methoxy groups -OCH3 is 1. The Bertz CT molecular complexity index is 514. The van der Waals surface area contributed by atoms with Gasteiger partial charge in [-0.15, -0.1) is 0 Å². The summed E-state index contributed by atoms with van der Waals surface area (Å²) in [5, 5.41) is 19.2. The minimum atomic E-state index is -4.17. The van der Waals surface area contributed by atoms with Gasteiger partial charge in [0.2, 0.25) is 0 Å². The molecular formula is C14H24NO6P. The van der Waals surface area contributed by atoms with E-state index >= 15 is 0 Å². The van der Waals surface area contributed by atoms with E-state index in [2.05, 4.69) is 0 Å². The van der Waals surface area contributed by atoms with E-state index in [4.69, 9.17) is 14.5 Å². The van der Waals surface area contributed by atoms with E-state index in [1.165, 1.54) is 7.11 Å². The first kappa shape index (κ1) is 19.3. The van der Waals surface area contributed by atoms with E-state index in [0.29, 0.717) is 12.1 Å². The zero-order valence-electron chi connectivity index (χ0n) is 12.8. The van der Waals surface area contributed by atoms with Gasteiger partial charge in [-0.2, -0.15) is 0 Å². The molecule has 0 saturated heterocycles. The number of hydrogen-bond donors (Lipinski definition) is 4. The molecule has 0 heterocycles. The molecule has 0 spiro atoms. The third kappa shape index (κ3) is 5.14. The van der Waals surface area contributed by atoms with Crippen LogP contribution in [0.4, 0.5) is 0 Å². The van der Waals surface area contributed by atoms with Crippen molar-refractivity contribution >= 4 is 7.60 Å². The number of hydrogen-bond acceptors (Lipinski definition) is 5. The van der Waals surface area contributed by atoms with E-state index in [0.717, 1.165) is 5.56 Å². The molecule has 0 radical (unpaired) electrons. The van der Waals surface area contributed by atoms with Crippen LogP contribution in [0.25, 0.3) is 0 Å². The van der Waals surface area contributed by atoms with Crippen LogP contribution in [-0.2, 0) is 22.0 Å².